The fraction of sp³-hybridized carbons (Fsp3) is 0.833. The molecule has 1 fully saturated rings. The molecule has 15 heavy (non-hydrogen) atoms. The third-order valence-corrected chi connectivity index (χ3v) is 1.83. The van der Waals surface area contributed by atoms with Crippen molar-refractivity contribution >= 4 is 35.5 Å². The summed E-state index contributed by atoms with van der Waals surface area (Å²) in [5, 5.41) is 44.4. The van der Waals surface area contributed by atoms with Crippen molar-refractivity contribution in [2.45, 2.75) is 30.7 Å². The molecule has 9 heteroatoms. The van der Waals surface area contributed by atoms with Crippen molar-refractivity contribution < 1.29 is 40.5 Å². The summed E-state index contributed by atoms with van der Waals surface area (Å²) >= 11 is 0. The van der Waals surface area contributed by atoms with Crippen molar-refractivity contribution in [1.82, 2.24) is 0 Å². The minimum atomic E-state index is -1.81. The first-order valence-electron chi connectivity index (χ1n) is 3.55. The van der Waals surface area contributed by atoms with Gasteiger partial charge in [-0.15, -0.1) is 0 Å². The molecular weight excluding hydrogens is 223 g/mol. The van der Waals surface area contributed by atoms with Crippen LogP contribution in [0.2, 0.25) is 0 Å². The summed E-state index contributed by atoms with van der Waals surface area (Å²) in [7, 11) is 0. The third-order valence-electron chi connectivity index (χ3n) is 1.83. The Morgan fingerprint density at radius 3 is 1.87 bits per heavy atom. The number of carbonyl (C=O) groups is 1. The number of aliphatic hydroxyl groups is 4. The van der Waals surface area contributed by atoms with E-state index in [9.17, 15) is 4.79 Å². The van der Waals surface area contributed by atoms with Gasteiger partial charge in [-0.05, 0) is 0 Å². The zero-order chi connectivity index (χ0) is 10.2. The van der Waals surface area contributed by atoms with Crippen molar-refractivity contribution in [2.24, 2.45) is 0 Å². The molecule has 1 aliphatic heterocycles. The molecular formula is C6H13NaO8. The number of hydrogen-bond acceptors (Lipinski definition) is 6. The summed E-state index contributed by atoms with van der Waals surface area (Å²) in [5.41, 5.74) is 0. The quantitative estimate of drug-likeness (QED) is 0.286. The molecule has 1 aliphatic rings. The van der Waals surface area contributed by atoms with E-state index in [2.05, 4.69) is 4.74 Å². The second-order valence-electron chi connectivity index (χ2n) is 2.76. The minimum absolute atomic E-state index is 0. The van der Waals surface area contributed by atoms with Crippen LogP contribution in [-0.2, 0) is 9.53 Å². The van der Waals surface area contributed by atoms with E-state index < -0.39 is 36.7 Å². The second kappa shape index (κ2) is 6.74. The summed E-state index contributed by atoms with van der Waals surface area (Å²) in [6.07, 6.45) is -8.72. The van der Waals surface area contributed by atoms with Gasteiger partial charge in [-0.1, -0.05) is 0 Å². The summed E-state index contributed by atoms with van der Waals surface area (Å²) in [5.74, 6) is -1.52. The zero-order valence-electron chi connectivity index (χ0n) is 6.94. The summed E-state index contributed by atoms with van der Waals surface area (Å²) < 4.78 is 4.34. The van der Waals surface area contributed by atoms with Gasteiger partial charge >= 0.3 is 35.5 Å². The Morgan fingerprint density at radius 1 is 1.00 bits per heavy atom. The summed E-state index contributed by atoms with van der Waals surface area (Å²) in [6.45, 7) is 0. The Kier molecular flexibility index (Phi) is 7.91. The molecule has 0 aromatic heterocycles. The van der Waals surface area contributed by atoms with Crippen LogP contribution in [0.15, 0.2) is 0 Å². The van der Waals surface area contributed by atoms with Gasteiger partial charge in [0.1, 0.15) is 18.3 Å². The van der Waals surface area contributed by atoms with Crippen LogP contribution in [0.25, 0.3) is 0 Å². The second-order valence-corrected chi connectivity index (χ2v) is 2.76. The molecule has 0 unspecified atom stereocenters. The molecule has 0 bridgehead atoms. The molecule has 5 atom stereocenters. The van der Waals surface area contributed by atoms with Gasteiger partial charge in [0, 0.05) is 0 Å². The van der Waals surface area contributed by atoms with Crippen LogP contribution in [0.1, 0.15) is 0 Å². The van der Waals surface area contributed by atoms with Crippen molar-refractivity contribution in [3.05, 3.63) is 0 Å². The first kappa shape index (κ1) is 17.6. The zero-order valence-corrected chi connectivity index (χ0v) is 6.94. The van der Waals surface area contributed by atoms with E-state index in [4.69, 9.17) is 25.5 Å². The van der Waals surface area contributed by atoms with E-state index in [0.29, 0.717) is 0 Å². The van der Waals surface area contributed by atoms with E-state index in [-0.39, 0.29) is 35.0 Å². The fourth-order valence-electron chi connectivity index (χ4n) is 1.07. The molecule has 86 valence electrons. The number of aliphatic hydroxyl groups excluding tert-OH is 4. The van der Waals surface area contributed by atoms with Crippen LogP contribution < -0.4 is 0 Å². The topological polar surface area (TPSA) is 159 Å². The average Bonchev–Trinajstić information content (AvgIpc) is 2.07. The molecule has 0 spiro atoms. The number of hydrogen-bond donors (Lipinski definition) is 5. The predicted octanol–water partition coefficient (Wildman–Crippen LogP) is -4.60. The molecule has 1 saturated heterocycles. The van der Waals surface area contributed by atoms with Gasteiger partial charge in [0.2, 0.25) is 0 Å². The Balaban J connectivity index is 0. The number of carboxylic acid groups (broad SMARTS) is 1. The Morgan fingerprint density at radius 2 is 1.47 bits per heavy atom. The summed E-state index contributed by atoms with van der Waals surface area (Å²) in [4.78, 5) is 10.4. The standard InChI is InChI=1S/C6H10O7.Na.H2O.H/c7-1-2(8)4(5(10)11)13-6(12)3(1)9;;;/h1-4,6-9,12H,(H,10,11);;1H2;/t1-,2-,3+,4-,6+;;;/m0.../s1. The first-order chi connectivity index (χ1) is 5.95. The Bertz CT molecular complexity index is 211. The maximum atomic E-state index is 10.4. The van der Waals surface area contributed by atoms with Gasteiger partial charge < -0.3 is 35.7 Å². The normalized spacial score (nSPS) is 39.9. The molecule has 7 N–H and O–H groups in total. The first-order valence-corrected chi connectivity index (χ1v) is 3.55. The van der Waals surface area contributed by atoms with Crippen LogP contribution in [-0.4, -0.2) is 97.2 Å². The van der Waals surface area contributed by atoms with Gasteiger partial charge in [-0.25, -0.2) is 4.79 Å². The molecule has 0 amide bonds. The van der Waals surface area contributed by atoms with Gasteiger partial charge in [-0.2, -0.15) is 0 Å². The van der Waals surface area contributed by atoms with E-state index >= 15 is 0 Å². The molecule has 0 saturated carbocycles. The Labute approximate surface area is 107 Å². The number of aliphatic carboxylic acids is 1. The molecule has 0 aromatic carbocycles. The van der Waals surface area contributed by atoms with Crippen LogP contribution in [0.3, 0.4) is 0 Å². The number of rotatable bonds is 1. The van der Waals surface area contributed by atoms with Gasteiger partial charge in [-0.3, -0.25) is 0 Å². The van der Waals surface area contributed by atoms with E-state index in [1.54, 1.807) is 0 Å². The average molecular weight is 236 g/mol. The van der Waals surface area contributed by atoms with Crippen molar-refractivity contribution in [3.8, 4) is 0 Å². The van der Waals surface area contributed by atoms with Crippen LogP contribution >= 0.6 is 0 Å². The SMILES string of the molecule is O.O=C(O)[C@H]1O[C@@H](O)[C@H](O)[C@@H](O)[C@@H]1O.[NaH]. The van der Waals surface area contributed by atoms with E-state index in [0.717, 1.165) is 0 Å². The molecule has 0 aromatic rings. The van der Waals surface area contributed by atoms with Gasteiger partial charge in [0.05, 0.1) is 0 Å². The van der Waals surface area contributed by atoms with Crippen molar-refractivity contribution in [3.63, 3.8) is 0 Å². The molecule has 0 radical (unpaired) electrons. The van der Waals surface area contributed by atoms with Crippen molar-refractivity contribution in [2.75, 3.05) is 0 Å². The third kappa shape index (κ3) is 3.63. The number of carboxylic acids is 1. The monoisotopic (exact) mass is 236 g/mol. The molecule has 0 aliphatic carbocycles. The van der Waals surface area contributed by atoms with E-state index in [1.165, 1.54) is 0 Å². The summed E-state index contributed by atoms with van der Waals surface area (Å²) in [6, 6.07) is 0. The van der Waals surface area contributed by atoms with E-state index in [1.807, 2.05) is 0 Å². The van der Waals surface area contributed by atoms with Gasteiger partial charge in [0.25, 0.3) is 0 Å². The molecule has 8 nitrogen and oxygen atoms in total. The van der Waals surface area contributed by atoms with Crippen LogP contribution in [0.4, 0.5) is 0 Å². The number of ether oxygens (including phenoxy) is 1. The fourth-order valence-corrected chi connectivity index (χ4v) is 1.07. The van der Waals surface area contributed by atoms with Crippen molar-refractivity contribution in [1.29, 1.82) is 0 Å². The predicted molar refractivity (Wildman–Crippen MR) is 47.3 cm³/mol. The van der Waals surface area contributed by atoms with Gasteiger partial charge in [0.15, 0.2) is 12.4 Å². The van der Waals surface area contributed by atoms with Crippen LogP contribution in [0.5, 0.6) is 0 Å². The molecule has 1 heterocycles. The maximum absolute atomic E-state index is 10.4. The Hall–Kier alpha value is 0.230. The van der Waals surface area contributed by atoms with Crippen LogP contribution in [0, 0.1) is 0 Å². The molecule has 1 rings (SSSR count).